The second kappa shape index (κ2) is 5.84. The Morgan fingerprint density at radius 3 is 2.67 bits per heavy atom. The number of fused-ring (bicyclic) bond motifs is 2. The van der Waals surface area contributed by atoms with E-state index in [1.165, 1.54) is 7.11 Å². The average molecular weight is 330 g/mol. The monoisotopic (exact) mass is 330 g/mol. The molecule has 0 fully saturated rings. The summed E-state index contributed by atoms with van der Waals surface area (Å²) in [6.07, 6.45) is 0. The van der Waals surface area contributed by atoms with Gasteiger partial charge in [0.15, 0.2) is 23.0 Å². The molecule has 0 amide bonds. The highest BCUT2D eigenvalue weighted by molar-refractivity contribution is 5.92. The molecule has 124 valence electrons. The summed E-state index contributed by atoms with van der Waals surface area (Å²) in [5.74, 6) is 2.35. The molecule has 7 heteroatoms. The van der Waals surface area contributed by atoms with Gasteiger partial charge >= 0.3 is 5.97 Å². The maximum absolute atomic E-state index is 12.4. The Kier molecular flexibility index (Phi) is 3.53. The molecular weight excluding hydrogens is 316 g/mol. The summed E-state index contributed by atoms with van der Waals surface area (Å²) in [6.45, 7) is 1.01. The molecule has 0 spiro atoms. The minimum Gasteiger partial charge on any atom is -0.493 e. The molecule has 2 aliphatic rings. The van der Waals surface area contributed by atoms with Gasteiger partial charge in [0, 0.05) is 6.07 Å². The fraction of sp³-hybridized carbons (Fsp3) is 0.235. The third kappa shape index (κ3) is 2.54. The predicted octanol–water partition coefficient (Wildman–Crippen LogP) is 2.41. The summed E-state index contributed by atoms with van der Waals surface area (Å²) < 4.78 is 32.2. The first kappa shape index (κ1) is 14.5. The number of methoxy groups -OCH3 is 1. The number of carbonyl (C=O) groups is 1. The van der Waals surface area contributed by atoms with E-state index in [9.17, 15) is 4.79 Å². The van der Waals surface area contributed by atoms with Crippen LogP contribution >= 0.6 is 0 Å². The van der Waals surface area contributed by atoms with Crippen LogP contribution in [0.15, 0.2) is 30.3 Å². The molecule has 0 atom stereocenters. The molecule has 0 bridgehead atoms. The molecule has 0 unspecified atom stereocenters. The maximum Gasteiger partial charge on any atom is 0.343 e. The second-order valence-corrected chi connectivity index (χ2v) is 5.11. The number of carbonyl (C=O) groups excluding carboxylic acids is 1. The Morgan fingerprint density at radius 1 is 0.958 bits per heavy atom. The Labute approximate surface area is 137 Å². The SMILES string of the molecule is COc1cc(C(=O)Oc2ccc3c(c2)OCO3)cc2c1OCCO2. The number of rotatable bonds is 3. The van der Waals surface area contributed by atoms with Gasteiger partial charge in [-0.25, -0.2) is 4.79 Å². The molecule has 2 aromatic rings. The van der Waals surface area contributed by atoms with Crippen LogP contribution in [0.4, 0.5) is 0 Å². The fourth-order valence-corrected chi connectivity index (χ4v) is 2.50. The van der Waals surface area contributed by atoms with Crippen molar-refractivity contribution in [2.24, 2.45) is 0 Å². The van der Waals surface area contributed by atoms with Crippen molar-refractivity contribution in [2.75, 3.05) is 27.1 Å². The van der Waals surface area contributed by atoms with Crippen molar-refractivity contribution >= 4 is 5.97 Å². The van der Waals surface area contributed by atoms with Crippen LogP contribution < -0.4 is 28.4 Å². The van der Waals surface area contributed by atoms with E-state index in [-0.39, 0.29) is 6.79 Å². The molecule has 4 rings (SSSR count). The molecule has 7 nitrogen and oxygen atoms in total. The zero-order chi connectivity index (χ0) is 16.5. The lowest BCUT2D eigenvalue weighted by Gasteiger charge is -2.21. The highest BCUT2D eigenvalue weighted by atomic mass is 16.7. The summed E-state index contributed by atoms with van der Waals surface area (Å²) in [6, 6.07) is 8.07. The lowest BCUT2D eigenvalue weighted by atomic mass is 10.1. The fourth-order valence-electron chi connectivity index (χ4n) is 2.50. The van der Waals surface area contributed by atoms with E-state index in [0.717, 1.165) is 0 Å². The van der Waals surface area contributed by atoms with Gasteiger partial charge < -0.3 is 28.4 Å². The third-order valence-corrected chi connectivity index (χ3v) is 3.62. The maximum atomic E-state index is 12.4. The number of ether oxygens (including phenoxy) is 6. The Balaban J connectivity index is 1.60. The van der Waals surface area contributed by atoms with E-state index >= 15 is 0 Å². The van der Waals surface area contributed by atoms with Gasteiger partial charge in [-0.2, -0.15) is 0 Å². The van der Waals surface area contributed by atoms with Gasteiger partial charge in [-0.1, -0.05) is 0 Å². The molecule has 0 radical (unpaired) electrons. The molecule has 2 aromatic carbocycles. The summed E-state index contributed by atoms with van der Waals surface area (Å²) in [4.78, 5) is 12.4. The Hall–Kier alpha value is -3.09. The van der Waals surface area contributed by atoms with E-state index in [4.69, 9.17) is 28.4 Å². The molecule has 2 heterocycles. The van der Waals surface area contributed by atoms with Crippen molar-refractivity contribution in [1.29, 1.82) is 0 Å². The Morgan fingerprint density at radius 2 is 1.79 bits per heavy atom. The van der Waals surface area contributed by atoms with Crippen LogP contribution in [0.2, 0.25) is 0 Å². The topological polar surface area (TPSA) is 72.5 Å². The normalized spacial score (nSPS) is 14.2. The summed E-state index contributed by atoms with van der Waals surface area (Å²) in [7, 11) is 1.50. The van der Waals surface area contributed by atoms with E-state index in [1.54, 1.807) is 30.3 Å². The molecule has 24 heavy (non-hydrogen) atoms. The molecule has 0 saturated heterocycles. The summed E-state index contributed by atoms with van der Waals surface area (Å²) in [5.41, 5.74) is 0.300. The zero-order valence-electron chi connectivity index (χ0n) is 12.9. The summed E-state index contributed by atoms with van der Waals surface area (Å²) >= 11 is 0. The molecular formula is C17H14O7. The first-order chi connectivity index (χ1) is 11.7. The number of hydrogen-bond acceptors (Lipinski definition) is 7. The molecule has 0 N–H and O–H groups in total. The van der Waals surface area contributed by atoms with E-state index in [2.05, 4.69) is 0 Å². The van der Waals surface area contributed by atoms with Crippen LogP contribution in [0.5, 0.6) is 34.5 Å². The van der Waals surface area contributed by atoms with Crippen LogP contribution in [-0.2, 0) is 0 Å². The van der Waals surface area contributed by atoms with Crippen molar-refractivity contribution in [2.45, 2.75) is 0 Å². The van der Waals surface area contributed by atoms with Gasteiger partial charge in [-0.05, 0) is 24.3 Å². The van der Waals surface area contributed by atoms with Crippen molar-refractivity contribution in [3.63, 3.8) is 0 Å². The van der Waals surface area contributed by atoms with E-state index in [1.807, 2.05) is 0 Å². The number of benzene rings is 2. The summed E-state index contributed by atoms with van der Waals surface area (Å²) in [5, 5.41) is 0. The molecule has 2 aliphatic heterocycles. The van der Waals surface area contributed by atoms with Crippen molar-refractivity contribution < 1.29 is 33.2 Å². The van der Waals surface area contributed by atoms with Gasteiger partial charge in [0.2, 0.25) is 12.5 Å². The van der Waals surface area contributed by atoms with Gasteiger partial charge in [0.05, 0.1) is 12.7 Å². The van der Waals surface area contributed by atoms with E-state index < -0.39 is 5.97 Å². The van der Waals surface area contributed by atoms with Crippen LogP contribution in [0, 0.1) is 0 Å². The first-order valence-electron chi connectivity index (χ1n) is 7.34. The third-order valence-electron chi connectivity index (χ3n) is 3.62. The zero-order valence-corrected chi connectivity index (χ0v) is 12.9. The minimum atomic E-state index is -0.538. The highest BCUT2D eigenvalue weighted by Gasteiger charge is 2.22. The van der Waals surface area contributed by atoms with Crippen molar-refractivity contribution in [3.8, 4) is 34.5 Å². The number of esters is 1. The van der Waals surface area contributed by atoms with Crippen LogP contribution in [-0.4, -0.2) is 33.1 Å². The predicted molar refractivity (Wildman–Crippen MR) is 81.5 cm³/mol. The lowest BCUT2D eigenvalue weighted by Crippen LogP contribution is -2.17. The number of hydrogen-bond donors (Lipinski definition) is 0. The smallest absolute Gasteiger partial charge is 0.343 e. The largest absolute Gasteiger partial charge is 0.493 e. The van der Waals surface area contributed by atoms with Gasteiger partial charge in [0.25, 0.3) is 0 Å². The van der Waals surface area contributed by atoms with Gasteiger partial charge in [-0.15, -0.1) is 0 Å². The van der Waals surface area contributed by atoms with Gasteiger partial charge in [-0.3, -0.25) is 0 Å². The molecule has 0 aliphatic carbocycles. The van der Waals surface area contributed by atoms with Crippen LogP contribution in [0.1, 0.15) is 10.4 Å². The quantitative estimate of drug-likeness (QED) is 0.632. The minimum absolute atomic E-state index is 0.159. The average Bonchev–Trinajstić information content (AvgIpc) is 3.08. The molecule has 0 aromatic heterocycles. The van der Waals surface area contributed by atoms with Crippen molar-refractivity contribution in [1.82, 2.24) is 0 Å². The van der Waals surface area contributed by atoms with Gasteiger partial charge in [0.1, 0.15) is 19.0 Å². The second-order valence-electron chi connectivity index (χ2n) is 5.11. The lowest BCUT2D eigenvalue weighted by molar-refractivity contribution is 0.0732. The standard InChI is InChI=1S/C17H14O7/c1-19-14-6-10(7-15-16(14)21-5-4-20-15)17(18)24-11-2-3-12-13(8-11)23-9-22-12/h2-3,6-8H,4-5,9H2,1H3. The van der Waals surface area contributed by atoms with Crippen LogP contribution in [0.3, 0.4) is 0 Å². The molecule has 0 saturated carbocycles. The Bertz CT molecular complexity index is 783. The first-order valence-corrected chi connectivity index (χ1v) is 7.34. The van der Waals surface area contributed by atoms with Crippen LogP contribution in [0.25, 0.3) is 0 Å². The van der Waals surface area contributed by atoms with Crippen molar-refractivity contribution in [3.05, 3.63) is 35.9 Å². The van der Waals surface area contributed by atoms with E-state index in [0.29, 0.717) is 53.3 Å². The highest BCUT2D eigenvalue weighted by Crippen LogP contribution is 2.41.